The number of hydrogen-bond acceptors (Lipinski definition) is 3. The Morgan fingerprint density at radius 1 is 1.35 bits per heavy atom. The molecule has 0 amide bonds. The monoisotopic (exact) mass is 234 g/mol. The predicted molar refractivity (Wildman–Crippen MR) is 62.9 cm³/mol. The maximum Gasteiger partial charge on any atom is 0.352 e. The summed E-state index contributed by atoms with van der Waals surface area (Å²) in [4.78, 5) is 22.5. The molecule has 0 aromatic heterocycles. The maximum atomic E-state index is 11.6. The lowest BCUT2D eigenvalue weighted by molar-refractivity contribution is -0.150. The third-order valence-corrected chi connectivity index (χ3v) is 2.11. The number of carbonyl (C=O) groups excluding carboxylic acids is 1. The fourth-order valence-electron chi connectivity index (χ4n) is 1.26. The summed E-state index contributed by atoms with van der Waals surface area (Å²) in [7, 11) is 0. The number of hydrogen-bond donors (Lipinski definition) is 1. The van der Waals surface area contributed by atoms with Gasteiger partial charge in [-0.25, -0.2) is 4.79 Å². The summed E-state index contributed by atoms with van der Waals surface area (Å²) in [5.74, 6) is -1.36. The molecule has 17 heavy (non-hydrogen) atoms. The highest BCUT2D eigenvalue weighted by molar-refractivity contribution is 6.01. The van der Waals surface area contributed by atoms with Crippen LogP contribution in [0.5, 0.6) is 5.75 Å². The SMILES string of the molecule is C=CCCC(=O)C(Oc1ccccc1)C(=O)O. The van der Waals surface area contributed by atoms with Gasteiger partial charge < -0.3 is 9.84 Å². The lowest BCUT2D eigenvalue weighted by Gasteiger charge is -2.13. The van der Waals surface area contributed by atoms with Crippen molar-refractivity contribution >= 4 is 11.8 Å². The number of para-hydroxylation sites is 1. The highest BCUT2D eigenvalue weighted by Crippen LogP contribution is 2.12. The van der Waals surface area contributed by atoms with Crippen LogP contribution in [0.4, 0.5) is 0 Å². The zero-order chi connectivity index (χ0) is 12.7. The molecule has 1 unspecified atom stereocenters. The molecule has 1 N–H and O–H groups in total. The molecule has 0 bridgehead atoms. The number of Topliss-reactive ketones (excluding diaryl/α,β-unsaturated/α-hetero) is 1. The van der Waals surface area contributed by atoms with Gasteiger partial charge in [0.2, 0.25) is 0 Å². The Kier molecular flexibility index (Phi) is 4.94. The molecule has 1 aromatic carbocycles. The zero-order valence-electron chi connectivity index (χ0n) is 9.33. The summed E-state index contributed by atoms with van der Waals surface area (Å²) >= 11 is 0. The second kappa shape index (κ2) is 6.48. The van der Waals surface area contributed by atoms with Crippen molar-refractivity contribution in [2.45, 2.75) is 18.9 Å². The number of aliphatic carboxylic acids is 1. The molecule has 0 fully saturated rings. The number of ether oxygens (including phenoxy) is 1. The van der Waals surface area contributed by atoms with Gasteiger partial charge in [-0.2, -0.15) is 0 Å². The predicted octanol–water partition coefficient (Wildman–Crippen LogP) is 2.05. The Balaban J connectivity index is 2.70. The van der Waals surface area contributed by atoms with Crippen molar-refractivity contribution in [2.24, 2.45) is 0 Å². The van der Waals surface area contributed by atoms with Crippen LogP contribution in [0.2, 0.25) is 0 Å². The number of benzene rings is 1. The van der Waals surface area contributed by atoms with E-state index < -0.39 is 17.9 Å². The molecule has 0 heterocycles. The minimum Gasteiger partial charge on any atom is -0.478 e. The van der Waals surface area contributed by atoms with E-state index >= 15 is 0 Å². The zero-order valence-corrected chi connectivity index (χ0v) is 9.33. The average molecular weight is 234 g/mol. The summed E-state index contributed by atoms with van der Waals surface area (Å²) in [5, 5.41) is 8.93. The van der Waals surface area contributed by atoms with Crippen LogP contribution in [0.3, 0.4) is 0 Å². The van der Waals surface area contributed by atoms with Crippen LogP contribution in [-0.2, 0) is 9.59 Å². The Morgan fingerprint density at radius 2 is 2.00 bits per heavy atom. The molecule has 1 rings (SSSR count). The van der Waals surface area contributed by atoms with Crippen molar-refractivity contribution in [1.82, 2.24) is 0 Å². The van der Waals surface area contributed by atoms with Gasteiger partial charge in [-0.3, -0.25) is 4.79 Å². The van der Waals surface area contributed by atoms with Gasteiger partial charge in [-0.15, -0.1) is 6.58 Å². The van der Waals surface area contributed by atoms with Crippen LogP contribution in [0.1, 0.15) is 12.8 Å². The third kappa shape index (κ3) is 4.10. The molecule has 0 aliphatic carbocycles. The second-order valence-electron chi connectivity index (χ2n) is 3.44. The van der Waals surface area contributed by atoms with Crippen molar-refractivity contribution in [3.8, 4) is 5.75 Å². The summed E-state index contributed by atoms with van der Waals surface area (Å²) in [6.07, 6.45) is 0.685. The topological polar surface area (TPSA) is 63.6 Å². The average Bonchev–Trinajstić information content (AvgIpc) is 2.34. The smallest absolute Gasteiger partial charge is 0.352 e. The molecule has 1 aromatic rings. The van der Waals surface area contributed by atoms with E-state index in [1.54, 1.807) is 36.4 Å². The first kappa shape index (κ1) is 13.0. The number of rotatable bonds is 7. The van der Waals surface area contributed by atoms with E-state index in [0.29, 0.717) is 12.2 Å². The summed E-state index contributed by atoms with van der Waals surface area (Å²) in [6.45, 7) is 3.48. The first-order valence-corrected chi connectivity index (χ1v) is 5.23. The standard InChI is InChI=1S/C13H14O4/c1-2-3-9-11(14)12(13(15)16)17-10-7-5-4-6-8-10/h2,4-8,12H,1,3,9H2,(H,15,16). The van der Waals surface area contributed by atoms with Crippen molar-refractivity contribution in [2.75, 3.05) is 0 Å². The van der Waals surface area contributed by atoms with E-state index in [4.69, 9.17) is 9.84 Å². The molecule has 4 heteroatoms. The summed E-state index contributed by atoms with van der Waals surface area (Å²) < 4.78 is 5.15. The highest BCUT2D eigenvalue weighted by Gasteiger charge is 2.27. The van der Waals surface area contributed by atoms with Gasteiger partial charge in [0, 0.05) is 6.42 Å². The van der Waals surface area contributed by atoms with Crippen LogP contribution in [-0.4, -0.2) is 23.0 Å². The molecule has 0 radical (unpaired) electrons. The van der Waals surface area contributed by atoms with E-state index in [1.165, 1.54) is 0 Å². The van der Waals surface area contributed by atoms with Gasteiger partial charge in [0.15, 0.2) is 5.78 Å². The molecule has 0 aliphatic rings. The fourth-order valence-corrected chi connectivity index (χ4v) is 1.26. The van der Waals surface area contributed by atoms with Gasteiger partial charge in [0.1, 0.15) is 5.75 Å². The molecule has 1 atom stereocenters. The van der Waals surface area contributed by atoms with Crippen molar-refractivity contribution < 1.29 is 19.4 Å². The van der Waals surface area contributed by atoms with E-state index in [9.17, 15) is 9.59 Å². The maximum absolute atomic E-state index is 11.6. The van der Waals surface area contributed by atoms with Gasteiger partial charge in [0.05, 0.1) is 0 Å². The number of allylic oxidation sites excluding steroid dienone is 1. The minimum absolute atomic E-state index is 0.118. The van der Waals surface area contributed by atoms with E-state index in [2.05, 4.69) is 6.58 Å². The lowest BCUT2D eigenvalue weighted by atomic mass is 10.1. The minimum atomic E-state index is -1.45. The van der Waals surface area contributed by atoms with E-state index in [-0.39, 0.29) is 6.42 Å². The van der Waals surface area contributed by atoms with Gasteiger partial charge in [-0.05, 0) is 18.6 Å². The first-order chi connectivity index (χ1) is 8.15. The molecular weight excluding hydrogens is 220 g/mol. The Bertz CT molecular complexity index is 397. The fraction of sp³-hybridized carbons (Fsp3) is 0.231. The van der Waals surface area contributed by atoms with Crippen LogP contribution in [0.15, 0.2) is 43.0 Å². The van der Waals surface area contributed by atoms with E-state index in [0.717, 1.165) is 0 Å². The quantitative estimate of drug-likeness (QED) is 0.579. The van der Waals surface area contributed by atoms with Gasteiger partial charge >= 0.3 is 5.97 Å². The van der Waals surface area contributed by atoms with Crippen molar-refractivity contribution in [3.05, 3.63) is 43.0 Å². The lowest BCUT2D eigenvalue weighted by Crippen LogP contribution is -2.35. The molecular formula is C13H14O4. The number of carboxylic acids is 1. The van der Waals surface area contributed by atoms with Gasteiger partial charge in [-0.1, -0.05) is 24.3 Å². The van der Waals surface area contributed by atoms with Gasteiger partial charge in [0.25, 0.3) is 6.10 Å². The van der Waals surface area contributed by atoms with Crippen LogP contribution < -0.4 is 4.74 Å². The summed E-state index contributed by atoms with van der Waals surface area (Å²) in [6, 6.07) is 8.42. The first-order valence-electron chi connectivity index (χ1n) is 5.23. The molecule has 0 saturated carbocycles. The molecule has 0 spiro atoms. The Labute approximate surface area is 99.5 Å². The molecule has 0 saturated heterocycles. The Morgan fingerprint density at radius 3 is 2.53 bits per heavy atom. The number of carboxylic acid groups (broad SMARTS) is 1. The normalized spacial score (nSPS) is 11.5. The highest BCUT2D eigenvalue weighted by atomic mass is 16.5. The van der Waals surface area contributed by atoms with Crippen molar-refractivity contribution in [1.29, 1.82) is 0 Å². The number of carbonyl (C=O) groups is 2. The summed E-state index contributed by atoms with van der Waals surface area (Å²) in [5.41, 5.74) is 0. The van der Waals surface area contributed by atoms with Crippen LogP contribution in [0, 0.1) is 0 Å². The second-order valence-corrected chi connectivity index (χ2v) is 3.44. The number of ketones is 1. The largest absolute Gasteiger partial charge is 0.478 e. The molecule has 90 valence electrons. The Hall–Kier alpha value is -2.10. The van der Waals surface area contributed by atoms with Crippen LogP contribution >= 0.6 is 0 Å². The van der Waals surface area contributed by atoms with E-state index in [1.807, 2.05) is 0 Å². The van der Waals surface area contributed by atoms with Crippen molar-refractivity contribution in [3.63, 3.8) is 0 Å². The molecule has 4 nitrogen and oxygen atoms in total. The third-order valence-electron chi connectivity index (χ3n) is 2.11. The van der Waals surface area contributed by atoms with Crippen LogP contribution in [0.25, 0.3) is 0 Å². The molecule has 0 aliphatic heterocycles.